The van der Waals surface area contributed by atoms with Gasteiger partial charge in [-0.15, -0.1) is 0 Å². The molecule has 0 aromatic heterocycles. The van der Waals surface area contributed by atoms with E-state index < -0.39 is 0 Å². The van der Waals surface area contributed by atoms with Gasteiger partial charge in [0.1, 0.15) is 13.2 Å². The SMILES string of the molecule is CNC(CN1CC(C)C(C)C1)c1ccc2c(c1)OCCO2. The van der Waals surface area contributed by atoms with Gasteiger partial charge in [0.2, 0.25) is 0 Å². The topological polar surface area (TPSA) is 33.7 Å². The molecule has 4 heteroatoms. The minimum absolute atomic E-state index is 0.332. The van der Waals surface area contributed by atoms with Crippen LogP contribution in [0.4, 0.5) is 0 Å². The summed E-state index contributed by atoms with van der Waals surface area (Å²) >= 11 is 0. The van der Waals surface area contributed by atoms with Gasteiger partial charge < -0.3 is 19.7 Å². The first-order valence-electron chi connectivity index (χ1n) is 7.96. The minimum Gasteiger partial charge on any atom is -0.486 e. The number of nitrogens with zero attached hydrogens (tertiary/aromatic N) is 1. The quantitative estimate of drug-likeness (QED) is 0.922. The lowest BCUT2D eigenvalue weighted by Gasteiger charge is -2.25. The van der Waals surface area contributed by atoms with E-state index in [1.807, 2.05) is 13.1 Å². The summed E-state index contributed by atoms with van der Waals surface area (Å²) in [6.45, 7) is 9.43. The molecule has 3 unspecified atom stereocenters. The molecule has 0 spiro atoms. The molecule has 0 radical (unpaired) electrons. The fourth-order valence-corrected chi connectivity index (χ4v) is 3.30. The van der Waals surface area contributed by atoms with E-state index in [9.17, 15) is 0 Å². The lowest BCUT2D eigenvalue weighted by molar-refractivity contribution is 0.171. The molecule has 1 aromatic rings. The minimum atomic E-state index is 0.332. The van der Waals surface area contributed by atoms with Crippen LogP contribution in [-0.2, 0) is 0 Å². The van der Waals surface area contributed by atoms with Crippen molar-refractivity contribution in [1.82, 2.24) is 10.2 Å². The third-order valence-corrected chi connectivity index (χ3v) is 4.82. The van der Waals surface area contributed by atoms with Crippen molar-refractivity contribution in [3.05, 3.63) is 23.8 Å². The molecule has 0 amide bonds. The van der Waals surface area contributed by atoms with Gasteiger partial charge in [-0.05, 0) is 36.6 Å². The number of benzene rings is 1. The third kappa shape index (κ3) is 3.16. The van der Waals surface area contributed by atoms with Crippen LogP contribution >= 0.6 is 0 Å². The van der Waals surface area contributed by atoms with Crippen LogP contribution < -0.4 is 14.8 Å². The average molecular weight is 290 g/mol. The maximum Gasteiger partial charge on any atom is 0.161 e. The molecule has 1 fully saturated rings. The molecule has 2 aliphatic rings. The van der Waals surface area contributed by atoms with Gasteiger partial charge in [0.05, 0.1) is 0 Å². The van der Waals surface area contributed by atoms with Gasteiger partial charge in [-0.25, -0.2) is 0 Å². The summed E-state index contributed by atoms with van der Waals surface area (Å²) in [5.74, 6) is 3.33. The van der Waals surface area contributed by atoms with Crippen LogP contribution in [0.5, 0.6) is 11.5 Å². The van der Waals surface area contributed by atoms with Crippen molar-refractivity contribution in [2.45, 2.75) is 19.9 Å². The monoisotopic (exact) mass is 290 g/mol. The highest BCUT2D eigenvalue weighted by atomic mass is 16.6. The van der Waals surface area contributed by atoms with Crippen molar-refractivity contribution < 1.29 is 9.47 Å². The van der Waals surface area contributed by atoms with Crippen LogP contribution in [0.3, 0.4) is 0 Å². The fraction of sp³-hybridized carbons (Fsp3) is 0.647. The standard InChI is InChI=1S/C17H26N2O2/c1-12-9-19(10-13(12)2)11-15(18-3)14-4-5-16-17(8-14)21-7-6-20-16/h4-5,8,12-13,15,18H,6-7,9-11H2,1-3H3. The zero-order chi connectivity index (χ0) is 14.8. The highest BCUT2D eigenvalue weighted by molar-refractivity contribution is 5.44. The Morgan fingerprint density at radius 2 is 1.81 bits per heavy atom. The molecule has 0 aliphatic carbocycles. The first-order chi connectivity index (χ1) is 10.2. The number of ether oxygens (including phenoxy) is 2. The number of rotatable bonds is 4. The van der Waals surface area contributed by atoms with E-state index in [0.29, 0.717) is 19.3 Å². The maximum absolute atomic E-state index is 5.70. The second-order valence-corrected chi connectivity index (χ2v) is 6.42. The molecule has 2 aliphatic heterocycles. The lowest BCUT2D eigenvalue weighted by Crippen LogP contribution is -2.32. The zero-order valence-corrected chi connectivity index (χ0v) is 13.3. The van der Waals surface area contributed by atoms with E-state index in [4.69, 9.17) is 9.47 Å². The Morgan fingerprint density at radius 3 is 2.48 bits per heavy atom. The van der Waals surface area contributed by atoms with Crippen molar-refractivity contribution >= 4 is 0 Å². The summed E-state index contributed by atoms with van der Waals surface area (Å²) in [5.41, 5.74) is 1.27. The normalized spacial score (nSPS) is 26.8. The molecule has 3 rings (SSSR count). The summed E-state index contributed by atoms with van der Waals surface area (Å²) in [7, 11) is 2.03. The number of hydrogen-bond donors (Lipinski definition) is 1. The van der Waals surface area contributed by atoms with Crippen LogP contribution in [-0.4, -0.2) is 44.8 Å². The Labute approximate surface area is 127 Å². The van der Waals surface area contributed by atoms with Gasteiger partial charge in [-0.3, -0.25) is 0 Å². The highest BCUT2D eigenvalue weighted by Gasteiger charge is 2.28. The van der Waals surface area contributed by atoms with Crippen molar-refractivity contribution in [1.29, 1.82) is 0 Å². The highest BCUT2D eigenvalue weighted by Crippen LogP contribution is 2.33. The fourth-order valence-electron chi connectivity index (χ4n) is 3.30. The molecule has 3 atom stereocenters. The van der Waals surface area contributed by atoms with E-state index >= 15 is 0 Å². The Bertz CT molecular complexity index is 482. The summed E-state index contributed by atoms with van der Waals surface area (Å²) in [6, 6.07) is 6.64. The van der Waals surface area contributed by atoms with Gasteiger partial charge in [0.15, 0.2) is 11.5 Å². The second-order valence-electron chi connectivity index (χ2n) is 6.42. The van der Waals surface area contributed by atoms with E-state index in [1.54, 1.807) is 0 Å². The molecule has 1 N–H and O–H groups in total. The third-order valence-electron chi connectivity index (χ3n) is 4.82. The Hall–Kier alpha value is -1.26. The molecule has 1 aromatic carbocycles. The van der Waals surface area contributed by atoms with Crippen LogP contribution in [0.1, 0.15) is 25.5 Å². The van der Waals surface area contributed by atoms with Gasteiger partial charge >= 0.3 is 0 Å². The Balaban J connectivity index is 1.71. The van der Waals surface area contributed by atoms with Crippen molar-refractivity contribution in [2.75, 3.05) is 39.9 Å². The molecule has 21 heavy (non-hydrogen) atoms. The molecular weight excluding hydrogens is 264 g/mol. The maximum atomic E-state index is 5.70. The van der Waals surface area contributed by atoms with E-state index in [-0.39, 0.29) is 0 Å². The predicted octanol–water partition coefficient (Wildman–Crippen LogP) is 2.31. The lowest BCUT2D eigenvalue weighted by atomic mass is 10.0. The molecule has 0 saturated carbocycles. The van der Waals surface area contributed by atoms with Crippen molar-refractivity contribution in [3.8, 4) is 11.5 Å². The van der Waals surface area contributed by atoms with Crippen LogP contribution in [0.15, 0.2) is 18.2 Å². The number of nitrogens with one attached hydrogen (secondary N) is 1. The number of likely N-dealkylation sites (tertiary alicyclic amines) is 1. The molecule has 1 saturated heterocycles. The largest absolute Gasteiger partial charge is 0.486 e. The average Bonchev–Trinajstić information content (AvgIpc) is 2.82. The van der Waals surface area contributed by atoms with E-state index in [2.05, 4.69) is 36.2 Å². The van der Waals surface area contributed by atoms with Gasteiger partial charge in [-0.2, -0.15) is 0 Å². The Morgan fingerprint density at radius 1 is 1.14 bits per heavy atom. The predicted molar refractivity (Wildman–Crippen MR) is 84.0 cm³/mol. The second kappa shape index (κ2) is 6.24. The zero-order valence-electron chi connectivity index (χ0n) is 13.3. The van der Waals surface area contributed by atoms with Crippen molar-refractivity contribution in [3.63, 3.8) is 0 Å². The molecule has 4 nitrogen and oxygen atoms in total. The summed E-state index contributed by atoms with van der Waals surface area (Å²) in [5, 5.41) is 3.44. The smallest absolute Gasteiger partial charge is 0.161 e. The Kier molecular flexibility index (Phi) is 4.36. The molecule has 116 valence electrons. The summed E-state index contributed by atoms with van der Waals surface area (Å²) < 4.78 is 11.3. The first kappa shape index (κ1) is 14.7. The van der Waals surface area contributed by atoms with Gasteiger partial charge in [-0.1, -0.05) is 19.9 Å². The molecular formula is C17H26N2O2. The van der Waals surface area contributed by atoms with E-state index in [1.165, 1.54) is 18.7 Å². The number of likely N-dealkylation sites (N-methyl/N-ethyl adjacent to an activating group) is 1. The first-order valence-corrected chi connectivity index (χ1v) is 7.96. The van der Waals surface area contributed by atoms with Crippen LogP contribution in [0.2, 0.25) is 0 Å². The number of hydrogen-bond acceptors (Lipinski definition) is 4. The molecule has 2 heterocycles. The van der Waals surface area contributed by atoms with Crippen LogP contribution in [0, 0.1) is 11.8 Å². The van der Waals surface area contributed by atoms with Crippen molar-refractivity contribution in [2.24, 2.45) is 11.8 Å². The molecule has 0 bridgehead atoms. The van der Waals surface area contributed by atoms with Gasteiger partial charge in [0.25, 0.3) is 0 Å². The van der Waals surface area contributed by atoms with Crippen LogP contribution in [0.25, 0.3) is 0 Å². The summed E-state index contributed by atoms with van der Waals surface area (Å²) in [6.07, 6.45) is 0. The number of fused-ring (bicyclic) bond motifs is 1. The summed E-state index contributed by atoms with van der Waals surface area (Å²) in [4.78, 5) is 2.56. The van der Waals surface area contributed by atoms with E-state index in [0.717, 1.165) is 29.9 Å². The van der Waals surface area contributed by atoms with Gasteiger partial charge in [0, 0.05) is 25.7 Å².